The summed E-state index contributed by atoms with van der Waals surface area (Å²) in [6.45, 7) is 4.99. The Kier molecular flexibility index (Phi) is 4.19. The number of aliphatic hydroxyl groups excluding tert-OH is 1. The van der Waals surface area contributed by atoms with Gasteiger partial charge in [0.15, 0.2) is 5.65 Å². The second-order valence-corrected chi connectivity index (χ2v) is 5.50. The van der Waals surface area contributed by atoms with E-state index in [1.807, 2.05) is 6.92 Å². The molecule has 0 spiro atoms. The molecule has 0 aliphatic carbocycles. The van der Waals surface area contributed by atoms with Crippen molar-refractivity contribution in [1.82, 2.24) is 20.2 Å². The minimum atomic E-state index is 0.256. The summed E-state index contributed by atoms with van der Waals surface area (Å²) in [6.07, 6.45) is 4.95. The van der Waals surface area contributed by atoms with E-state index in [9.17, 15) is 0 Å². The van der Waals surface area contributed by atoms with Crippen LogP contribution >= 0.6 is 0 Å². The molecule has 3 N–H and O–H groups in total. The molecule has 3 rings (SSSR count). The van der Waals surface area contributed by atoms with Gasteiger partial charge in [0.05, 0.1) is 11.6 Å². The largest absolute Gasteiger partial charge is 0.396 e. The molecule has 114 valence electrons. The number of H-pyrrole nitrogens is 1. The highest BCUT2D eigenvalue weighted by Gasteiger charge is 2.23. The zero-order chi connectivity index (χ0) is 14.7. The molecule has 21 heavy (non-hydrogen) atoms. The van der Waals surface area contributed by atoms with Gasteiger partial charge in [-0.1, -0.05) is 0 Å². The SMILES string of the molecule is CCNc1nc(N2CCCC(CCO)C2)c2cn[nH]c2n1. The smallest absolute Gasteiger partial charge is 0.226 e. The Hall–Kier alpha value is -1.89. The van der Waals surface area contributed by atoms with Crippen LogP contribution in [0.2, 0.25) is 0 Å². The Balaban J connectivity index is 1.92. The molecule has 1 fully saturated rings. The summed E-state index contributed by atoms with van der Waals surface area (Å²) < 4.78 is 0. The minimum Gasteiger partial charge on any atom is -0.396 e. The first-order chi connectivity index (χ1) is 10.3. The van der Waals surface area contributed by atoms with Crippen molar-refractivity contribution in [2.75, 3.05) is 36.5 Å². The molecule has 2 aromatic heterocycles. The zero-order valence-electron chi connectivity index (χ0n) is 12.3. The van der Waals surface area contributed by atoms with Crippen LogP contribution < -0.4 is 10.2 Å². The molecule has 1 unspecified atom stereocenters. The summed E-state index contributed by atoms with van der Waals surface area (Å²) in [5.74, 6) is 2.10. The second-order valence-electron chi connectivity index (χ2n) is 5.50. The molecule has 2 aromatic rings. The fraction of sp³-hybridized carbons (Fsp3) is 0.643. The molecule has 7 heteroatoms. The maximum atomic E-state index is 9.16. The average Bonchev–Trinajstić information content (AvgIpc) is 2.96. The van der Waals surface area contributed by atoms with Gasteiger partial charge in [0.2, 0.25) is 5.95 Å². The van der Waals surface area contributed by atoms with Crippen molar-refractivity contribution < 1.29 is 5.11 Å². The van der Waals surface area contributed by atoms with Gasteiger partial charge in [-0.2, -0.15) is 15.1 Å². The first-order valence-electron chi connectivity index (χ1n) is 7.62. The van der Waals surface area contributed by atoms with Crippen molar-refractivity contribution >= 4 is 22.8 Å². The van der Waals surface area contributed by atoms with Gasteiger partial charge in [-0.15, -0.1) is 0 Å². The number of hydrogen-bond acceptors (Lipinski definition) is 6. The van der Waals surface area contributed by atoms with Crippen molar-refractivity contribution in [3.63, 3.8) is 0 Å². The first kappa shape index (κ1) is 14.1. The lowest BCUT2D eigenvalue weighted by Crippen LogP contribution is -2.36. The van der Waals surface area contributed by atoms with Gasteiger partial charge in [0, 0.05) is 26.2 Å². The number of hydrogen-bond donors (Lipinski definition) is 3. The Bertz CT molecular complexity index is 596. The van der Waals surface area contributed by atoms with Gasteiger partial charge in [-0.25, -0.2) is 0 Å². The summed E-state index contributed by atoms with van der Waals surface area (Å²) in [4.78, 5) is 11.4. The standard InChI is InChI=1S/C14H22N6O/c1-2-15-14-17-12-11(8-16-19-12)13(18-14)20-6-3-4-10(9-20)5-7-21/h8,10,21H,2-7,9H2,1H3,(H2,15,16,17,18,19). The third-order valence-electron chi connectivity index (χ3n) is 3.98. The molecule has 3 heterocycles. The van der Waals surface area contributed by atoms with E-state index in [1.54, 1.807) is 6.20 Å². The van der Waals surface area contributed by atoms with Crippen LogP contribution in [0, 0.1) is 5.92 Å². The molecule has 0 bridgehead atoms. The van der Waals surface area contributed by atoms with E-state index in [4.69, 9.17) is 5.11 Å². The van der Waals surface area contributed by atoms with E-state index in [-0.39, 0.29) is 6.61 Å². The Morgan fingerprint density at radius 3 is 3.19 bits per heavy atom. The first-order valence-corrected chi connectivity index (χ1v) is 7.62. The topological polar surface area (TPSA) is 90.0 Å². The van der Waals surface area contributed by atoms with Crippen LogP contribution in [0.1, 0.15) is 26.2 Å². The highest BCUT2D eigenvalue weighted by Crippen LogP contribution is 2.29. The monoisotopic (exact) mass is 290 g/mol. The van der Waals surface area contributed by atoms with Gasteiger partial charge in [-0.05, 0) is 32.1 Å². The molecule has 7 nitrogen and oxygen atoms in total. The van der Waals surface area contributed by atoms with Crippen molar-refractivity contribution in [1.29, 1.82) is 0 Å². The number of aromatic amines is 1. The van der Waals surface area contributed by atoms with Crippen LogP contribution in [0.3, 0.4) is 0 Å². The van der Waals surface area contributed by atoms with E-state index in [0.717, 1.165) is 49.3 Å². The maximum Gasteiger partial charge on any atom is 0.226 e. The maximum absolute atomic E-state index is 9.16. The summed E-state index contributed by atoms with van der Waals surface area (Å²) in [5, 5.41) is 20.3. The summed E-state index contributed by atoms with van der Waals surface area (Å²) in [7, 11) is 0. The van der Waals surface area contributed by atoms with Gasteiger partial charge in [0.1, 0.15) is 5.82 Å². The van der Waals surface area contributed by atoms with Crippen LogP contribution in [0.5, 0.6) is 0 Å². The average molecular weight is 290 g/mol. The molecule has 0 saturated carbocycles. The second kappa shape index (κ2) is 6.26. The minimum absolute atomic E-state index is 0.256. The van der Waals surface area contributed by atoms with E-state index < -0.39 is 0 Å². The van der Waals surface area contributed by atoms with Crippen LogP contribution in [-0.4, -0.2) is 51.5 Å². The number of aromatic nitrogens is 4. The predicted octanol–water partition coefficient (Wildman–Crippen LogP) is 1.38. The molecule has 1 aliphatic rings. The zero-order valence-corrected chi connectivity index (χ0v) is 12.3. The number of nitrogens with one attached hydrogen (secondary N) is 2. The normalized spacial score (nSPS) is 19.1. The summed E-state index contributed by atoms with van der Waals surface area (Å²) in [5.41, 5.74) is 0.764. The van der Waals surface area contributed by atoms with Crippen molar-refractivity contribution in [3.8, 4) is 0 Å². The summed E-state index contributed by atoms with van der Waals surface area (Å²) in [6, 6.07) is 0. The van der Waals surface area contributed by atoms with Crippen LogP contribution in [-0.2, 0) is 0 Å². The lowest BCUT2D eigenvalue weighted by Gasteiger charge is -2.33. The number of piperidine rings is 1. The Labute approximate surface area is 123 Å². The molecular formula is C14H22N6O. The Morgan fingerprint density at radius 2 is 2.38 bits per heavy atom. The number of aliphatic hydroxyl groups is 1. The van der Waals surface area contributed by atoms with Crippen molar-refractivity contribution in [2.45, 2.75) is 26.2 Å². The number of fused-ring (bicyclic) bond motifs is 1. The van der Waals surface area contributed by atoms with Crippen molar-refractivity contribution in [3.05, 3.63) is 6.20 Å². The van der Waals surface area contributed by atoms with Gasteiger partial charge in [0.25, 0.3) is 0 Å². The Morgan fingerprint density at radius 1 is 1.48 bits per heavy atom. The third-order valence-corrected chi connectivity index (χ3v) is 3.98. The van der Waals surface area contributed by atoms with E-state index in [2.05, 4.69) is 30.4 Å². The summed E-state index contributed by atoms with van der Waals surface area (Å²) >= 11 is 0. The van der Waals surface area contributed by atoms with E-state index >= 15 is 0 Å². The lowest BCUT2D eigenvalue weighted by atomic mass is 9.95. The van der Waals surface area contributed by atoms with Crippen molar-refractivity contribution in [2.24, 2.45) is 5.92 Å². The quantitative estimate of drug-likeness (QED) is 0.771. The van der Waals surface area contributed by atoms with E-state index in [1.165, 1.54) is 6.42 Å². The molecule has 1 aliphatic heterocycles. The fourth-order valence-electron chi connectivity index (χ4n) is 2.97. The molecule has 0 radical (unpaired) electrons. The number of nitrogens with zero attached hydrogens (tertiary/aromatic N) is 4. The third kappa shape index (κ3) is 2.92. The highest BCUT2D eigenvalue weighted by molar-refractivity contribution is 5.87. The van der Waals surface area contributed by atoms with Crippen LogP contribution in [0.4, 0.5) is 11.8 Å². The highest BCUT2D eigenvalue weighted by atomic mass is 16.3. The molecule has 1 saturated heterocycles. The lowest BCUT2D eigenvalue weighted by molar-refractivity contribution is 0.244. The van der Waals surface area contributed by atoms with Gasteiger partial charge in [-0.3, -0.25) is 5.10 Å². The van der Waals surface area contributed by atoms with Gasteiger partial charge >= 0.3 is 0 Å². The van der Waals surface area contributed by atoms with Crippen LogP contribution in [0.15, 0.2) is 6.20 Å². The van der Waals surface area contributed by atoms with Crippen LogP contribution in [0.25, 0.3) is 11.0 Å². The number of anilines is 2. The molecule has 0 amide bonds. The van der Waals surface area contributed by atoms with Gasteiger partial charge < -0.3 is 15.3 Å². The fourth-order valence-corrected chi connectivity index (χ4v) is 2.97. The predicted molar refractivity (Wildman–Crippen MR) is 82.5 cm³/mol. The number of rotatable bonds is 5. The molecule has 0 aromatic carbocycles. The van der Waals surface area contributed by atoms with E-state index in [0.29, 0.717) is 11.9 Å². The molecular weight excluding hydrogens is 268 g/mol. The molecule has 1 atom stereocenters.